The van der Waals surface area contributed by atoms with Crippen molar-refractivity contribution in [3.05, 3.63) is 22.4 Å². The van der Waals surface area contributed by atoms with E-state index in [0.717, 1.165) is 19.5 Å². The predicted octanol–water partition coefficient (Wildman–Crippen LogP) is 2.78. The number of thiophene rings is 1. The number of nitrogens with zero attached hydrogens (tertiary/aromatic N) is 1. The van der Waals surface area contributed by atoms with Gasteiger partial charge in [0.25, 0.3) is 0 Å². The fourth-order valence-electron chi connectivity index (χ4n) is 1.08. The summed E-state index contributed by atoms with van der Waals surface area (Å²) < 4.78 is 0. The topological polar surface area (TPSA) is 35.8 Å². The van der Waals surface area contributed by atoms with Crippen molar-refractivity contribution < 1.29 is 0 Å². The summed E-state index contributed by atoms with van der Waals surface area (Å²) in [6, 6.07) is 6.47. The van der Waals surface area contributed by atoms with Gasteiger partial charge in [-0.1, -0.05) is 6.07 Å². The van der Waals surface area contributed by atoms with Crippen LogP contribution >= 0.6 is 11.3 Å². The molecule has 0 bridgehead atoms. The second kappa shape index (κ2) is 5.14. The molecule has 1 heterocycles. The number of nitriles is 1. The highest BCUT2D eigenvalue weighted by Crippen LogP contribution is 2.17. The molecule has 0 saturated heterocycles. The molecule has 76 valence electrons. The second-order valence-electron chi connectivity index (χ2n) is 4.00. The fraction of sp³-hybridized carbons (Fsp3) is 0.545. The van der Waals surface area contributed by atoms with Gasteiger partial charge < -0.3 is 5.32 Å². The lowest BCUT2D eigenvalue weighted by Crippen LogP contribution is -2.20. The normalized spacial score (nSPS) is 11.2. The fourth-order valence-corrected chi connectivity index (χ4v) is 1.76. The summed E-state index contributed by atoms with van der Waals surface area (Å²) in [6.07, 6.45) is 0.898. The zero-order valence-electron chi connectivity index (χ0n) is 8.71. The van der Waals surface area contributed by atoms with E-state index in [0.29, 0.717) is 0 Å². The van der Waals surface area contributed by atoms with E-state index in [-0.39, 0.29) is 5.41 Å². The summed E-state index contributed by atoms with van der Waals surface area (Å²) in [5.41, 5.74) is -0.206. The quantitative estimate of drug-likeness (QED) is 0.755. The van der Waals surface area contributed by atoms with Crippen LogP contribution in [0.5, 0.6) is 0 Å². The number of nitrogens with one attached hydrogen (secondary N) is 1. The monoisotopic (exact) mass is 208 g/mol. The third kappa shape index (κ3) is 3.91. The van der Waals surface area contributed by atoms with Gasteiger partial charge >= 0.3 is 0 Å². The van der Waals surface area contributed by atoms with E-state index < -0.39 is 0 Å². The Balaban J connectivity index is 2.15. The molecule has 0 spiro atoms. The molecule has 1 aromatic rings. The van der Waals surface area contributed by atoms with Crippen LogP contribution in [-0.2, 0) is 6.54 Å². The van der Waals surface area contributed by atoms with Gasteiger partial charge in [-0.25, -0.2) is 0 Å². The van der Waals surface area contributed by atoms with E-state index in [2.05, 4.69) is 28.9 Å². The van der Waals surface area contributed by atoms with E-state index in [1.165, 1.54) is 4.88 Å². The molecule has 0 aliphatic rings. The maximum atomic E-state index is 8.80. The Morgan fingerprint density at radius 3 is 2.93 bits per heavy atom. The van der Waals surface area contributed by atoms with Gasteiger partial charge in [-0.15, -0.1) is 11.3 Å². The minimum Gasteiger partial charge on any atom is -0.312 e. The third-order valence-electron chi connectivity index (χ3n) is 2.11. The van der Waals surface area contributed by atoms with Crippen molar-refractivity contribution in [3.63, 3.8) is 0 Å². The highest BCUT2D eigenvalue weighted by Gasteiger charge is 2.15. The molecule has 3 heteroatoms. The standard InChI is InChI=1S/C11H16N2S/c1-11(2,9-12)5-6-13-8-10-4-3-7-14-10/h3-4,7,13H,5-6,8H2,1-2H3. The highest BCUT2D eigenvalue weighted by molar-refractivity contribution is 7.09. The molecule has 2 nitrogen and oxygen atoms in total. The number of hydrogen-bond acceptors (Lipinski definition) is 3. The second-order valence-corrected chi connectivity index (χ2v) is 5.03. The van der Waals surface area contributed by atoms with E-state index in [4.69, 9.17) is 5.26 Å². The number of hydrogen-bond donors (Lipinski definition) is 1. The summed E-state index contributed by atoms with van der Waals surface area (Å²) in [6.45, 7) is 5.76. The van der Waals surface area contributed by atoms with Crippen LogP contribution in [0, 0.1) is 16.7 Å². The molecular formula is C11H16N2S. The molecule has 0 radical (unpaired) electrons. The molecule has 0 unspecified atom stereocenters. The molecule has 0 aliphatic carbocycles. The van der Waals surface area contributed by atoms with Gasteiger partial charge in [0.15, 0.2) is 0 Å². The van der Waals surface area contributed by atoms with E-state index in [9.17, 15) is 0 Å². The van der Waals surface area contributed by atoms with Crippen LogP contribution in [0.25, 0.3) is 0 Å². The van der Waals surface area contributed by atoms with E-state index in [1.54, 1.807) is 11.3 Å². The first kappa shape index (κ1) is 11.2. The lowest BCUT2D eigenvalue weighted by molar-refractivity contribution is 0.433. The summed E-state index contributed by atoms with van der Waals surface area (Å²) in [7, 11) is 0. The highest BCUT2D eigenvalue weighted by atomic mass is 32.1. The van der Waals surface area contributed by atoms with Gasteiger partial charge in [0, 0.05) is 11.4 Å². The molecule has 0 saturated carbocycles. The van der Waals surface area contributed by atoms with Gasteiger partial charge in [-0.05, 0) is 38.3 Å². The zero-order chi connectivity index (χ0) is 10.4. The first-order valence-electron chi connectivity index (χ1n) is 4.78. The van der Waals surface area contributed by atoms with Crippen LogP contribution in [-0.4, -0.2) is 6.54 Å². The molecule has 0 aromatic carbocycles. The molecule has 1 rings (SSSR count). The molecular weight excluding hydrogens is 192 g/mol. The van der Waals surface area contributed by atoms with E-state index in [1.807, 2.05) is 13.8 Å². The third-order valence-corrected chi connectivity index (χ3v) is 2.99. The van der Waals surface area contributed by atoms with Gasteiger partial charge in [0.1, 0.15) is 0 Å². The SMILES string of the molecule is CC(C)(C#N)CCNCc1cccs1. The van der Waals surface area contributed by atoms with Crippen molar-refractivity contribution in [1.29, 1.82) is 5.26 Å². The van der Waals surface area contributed by atoms with Crippen molar-refractivity contribution in [2.24, 2.45) is 5.41 Å². The Bertz CT molecular complexity index is 296. The molecule has 0 atom stereocenters. The van der Waals surface area contributed by atoms with Crippen molar-refractivity contribution in [2.45, 2.75) is 26.8 Å². The minimum atomic E-state index is -0.206. The summed E-state index contributed by atoms with van der Waals surface area (Å²) in [5.74, 6) is 0. The van der Waals surface area contributed by atoms with Crippen molar-refractivity contribution >= 4 is 11.3 Å². The van der Waals surface area contributed by atoms with Gasteiger partial charge in [0.2, 0.25) is 0 Å². The largest absolute Gasteiger partial charge is 0.312 e. The van der Waals surface area contributed by atoms with Crippen LogP contribution in [0.4, 0.5) is 0 Å². The van der Waals surface area contributed by atoms with Crippen molar-refractivity contribution in [1.82, 2.24) is 5.32 Å². The average molecular weight is 208 g/mol. The lowest BCUT2D eigenvalue weighted by atomic mass is 9.91. The predicted molar refractivity (Wildman–Crippen MR) is 60.0 cm³/mol. The molecule has 0 fully saturated rings. The maximum absolute atomic E-state index is 8.80. The first-order chi connectivity index (χ1) is 6.64. The summed E-state index contributed by atoms with van der Waals surface area (Å²) in [4.78, 5) is 1.35. The Kier molecular flexibility index (Phi) is 4.12. The van der Waals surface area contributed by atoms with Gasteiger partial charge in [-0.3, -0.25) is 0 Å². The number of rotatable bonds is 5. The maximum Gasteiger partial charge on any atom is 0.0684 e. The van der Waals surface area contributed by atoms with Crippen molar-refractivity contribution in [3.8, 4) is 6.07 Å². The Morgan fingerprint density at radius 1 is 1.57 bits per heavy atom. The van der Waals surface area contributed by atoms with Gasteiger partial charge in [-0.2, -0.15) is 5.26 Å². The lowest BCUT2D eigenvalue weighted by Gasteiger charge is -2.14. The van der Waals surface area contributed by atoms with Crippen LogP contribution in [0.15, 0.2) is 17.5 Å². The molecule has 0 aliphatic heterocycles. The molecule has 1 N–H and O–H groups in total. The Morgan fingerprint density at radius 2 is 2.36 bits per heavy atom. The summed E-state index contributed by atoms with van der Waals surface area (Å²) >= 11 is 1.76. The van der Waals surface area contributed by atoms with Crippen LogP contribution in [0.3, 0.4) is 0 Å². The molecule has 0 amide bonds. The van der Waals surface area contributed by atoms with Gasteiger partial charge in [0.05, 0.1) is 11.5 Å². The first-order valence-corrected chi connectivity index (χ1v) is 5.66. The zero-order valence-corrected chi connectivity index (χ0v) is 9.53. The molecule has 14 heavy (non-hydrogen) atoms. The Hall–Kier alpha value is -0.850. The van der Waals surface area contributed by atoms with Crippen LogP contribution < -0.4 is 5.32 Å². The van der Waals surface area contributed by atoms with Crippen molar-refractivity contribution in [2.75, 3.05) is 6.54 Å². The average Bonchev–Trinajstić information content (AvgIpc) is 2.65. The van der Waals surface area contributed by atoms with Crippen LogP contribution in [0.2, 0.25) is 0 Å². The summed E-state index contributed by atoms with van der Waals surface area (Å²) in [5, 5.41) is 14.2. The smallest absolute Gasteiger partial charge is 0.0684 e. The van der Waals surface area contributed by atoms with E-state index >= 15 is 0 Å². The van der Waals surface area contributed by atoms with Crippen LogP contribution in [0.1, 0.15) is 25.1 Å². The minimum absolute atomic E-state index is 0.206. The Labute approximate surface area is 89.6 Å². The molecule has 1 aromatic heterocycles.